The molecule has 1 aliphatic heterocycles. The van der Waals surface area contributed by atoms with Crippen molar-refractivity contribution in [3.05, 3.63) is 23.6 Å². The van der Waals surface area contributed by atoms with Gasteiger partial charge in [-0.3, -0.25) is 9.59 Å². The van der Waals surface area contributed by atoms with E-state index in [-0.39, 0.29) is 23.8 Å². The maximum Gasteiger partial charge on any atom is 0.257 e. The molecule has 0 saturated carbocycles. The molecule has 96 valence electrons. The summed E-state index contributed by atoms with van der Waals surface area (Å²) in [7, 11) is 1.52. The number of halogens is 1. The largest absolute Gasteiger partial charge is 0.371 e. The molecule has 1 saturated heterocycles. The fourth-order valence-corrected chi connectivity index (χ4v) is 1.77. The number of hydrogen-bond acceptors (Lipinski definition) is 4. The number of aromatic nitrogens is 1. The van der Waals surface area contributed by atoms with Crippen LogP contribution in [0.25, 0.3) is 0 Å². The molecule has 2 rings (SSSR count). The van der Waals surface area contributed by atoms with Crippen LogP contribution in [0.5, 0.6) is 0 Å². The number of amides is 2. The Morgan fingerprint density at radius 1 is 1.61 bits per heavy atom. The summed E-state index contributed by atoms with van der Waals surface area (Å²) in [5, 5.41) is 5.17. The molecule has 2 N–H and O–H groups in total. The van der Waals surface area contributed by atoms with Gasteiger partial charge in [-0.15, -0.1) is 0 Å². The van der Waals surface area contributed by atoms with E-state index in [0.29, 0.717) is 13.1 Å². The molecule has 0 aromatic carbocycles. The molecule has 1 fully saturated rings. The molecule has 6 nitrogen and oxygen atoms in total. The molecule has 0 radical (unpaired) electrons. The maximum absolute atomic E-state index is 13.9. The molecule has 2 amide bonds. The van der Waals surface area contributed by atoms with E-state index in [1.807, 2.05) is 0 Å². The highest BCUT2D eigenvalue weighted by molar-refractivity contribution is 5.97. The topological polar surface area (TPSA) is 74.3 Å². The lowest BCUT2D eigenvalue weighted by atomic mass is 10.2. The Kier molecular flexibility index (Phi) is 3.40. The quantitative estimate of drug-likeness (QED) is 0.766. The molecule has 0 atom stereocenters. The van der Waals surface area contributed by atoms with Crippen LogP contribution in [0.2, 0.25) is 0 Å². The molecular weight excluding hydrogens is 239 g/mol. The summed E-state index contributed by atoms with van der Waals surface area (Å²) < 4.78 is 13.9. The van der Waals surface area contributed by atoms with Gasteiger partial charge in [0.2, 0.25) is 5.91 Å². The molecule has 0 aliphatic carbocycles. The van der Waals surface area contributed by atoms with E-state index in [1.165, 1.54) is 24.2 Å². The van der Waals surface area contributed by atoms with Crippen LogP contribution in [0.15, 0.2) is 12.3 Å². The number of piperazine rings is 1. The summed E-state index contributed by atoms with van der Waals surface area (Å²) in [5.41, 5.74) is -0.0796. The Labute approximate surface area is 103 Å². The molecule has 1 aromatic rings. The van der Waals surface area contributed by atoms with Crippen molar-refractivity contribution in [1.29, 1.82) is 0 Å². The second kappa shape index (κ2) is 4.99. The lowest BCUT2D eigenvalue weighted by Gasteiger charge is -2.26. The number of pyridine rings is 1. The summed E-state index contributed by atoms with van der Waals surface area (Å²) in [6.07, 6.45) is 1.35. The molecular formula is C11H13FN4O2. The van der Waals surface area contributed by atoms with Gasteiger partial charge in [-0.1, -0.05) is 0 Å². The van der Waals surface area contributed by atoms with Gasteiger partial charge in [0.15, 0.2) is 11.6 Å². The lowest BCUT2D eigenvalue weighted by molar-refractivity contribution is -0.123. The van der Waals surface area contributed by atoms with Crippen LogP contribution < -0.4 is 10.6 Å². The molecule has 1 aromatic heterocycles. The van der Waals surface area contributed by atoms with Gasteiger partial charge in [-0.05, 0) is 6.07 Å². The molecule has 0 spiro atoms. The molecule has 1 aliphatic rings. The third-order valence-corrected chi connectivity index (χ3v) is 2.68. The standard InChI is InChI=1S/C11H13FN4O2/c1-13-10-9(12)7(2-3-15-10)11(18)16-5-4-14-8(17)6-16/h2-3H,4-6H2,1H3,(H,13,15)(H,14,17). The highest BCUT2D eigenvalue weighted by atomic mass is 19.1. The number of hydrogen-bond donors (Lipinski definition) is 2. The molecule has 0 unspecified atom stereocenters. The van der Waals surface area contributed by atoms with Crippen LogP contribution >= 0.6 is 0 Å². The first-order chi connectivity index (χ1) is 8.63. The average molecular weight is 252 g/mol. The van der Waals surface area contributed by atoms with Crippen molar-refractivity contribution in [1.82, 2.24) is 15.2 Å². The monoisotopic (exact) mass is 252 g/mol. The van der Waals surface area contributed by atoms with Crippen molar-refractivity contribution in [2.45, 2.75) is 0 Å². The first-order valence-corrected chi connectivity index (χ1v) is 5.51. The summed E-state index contributed by atoms with van der Waals surface area (Å²) in [6, 6.07) is 1.31. The highest BCUT2D eigenvalue weighted by Crippen LogP contribution is 2.16. The maximum atomic E-state index is 13.9. The van der Waals surface area contributed by atoms with Gasteiger partial charge in [0.1, 0.15) is 0 Å². The zero-order valence-corrected chi connectivity index (χ0v) is 9.86. The minimum absolute atomic E-state index is 0.0160. The van der Waals surface area contributed by atoms with Crippen LogP contribution in [0.3, 0.4) is 0 Å². The van der Waals surface area contributed by atoms with Crippen LogP contribution in [0.4, 0.5) is 10.2 Å². The van der Waals surface area contributed by atoms with Crippen molar-refractivity contribution in [3.63, 3.8) is 0 Å². The van der Waals surface area contributed by atoms with E-state index < -0.39 is 11.7 Å². The smallest absolute Gasteiger partial charge is 0.257 e. The van der Waals surface area contributed by atoms with E-state index >= 15 is 0 Å². The predicted octanol–water partition coefficient (Wildman–Crippen LogP) is -0.166. The average Bonchev–Trinajstić information content (AvgIpc) is 2.38. The fourth-order valence-electron chi connectivity index (χ4n) is 1.77. The zero-order valence-electron chi connectivity index (χ0n) is 9.86. The minimum atomic E-state index is -0.698. The molecule has 18 heavy (non-hydrogen) atoms. The van der Waals surface area contributed by atoms with Crippen molar-refractivity contribution < 1.29 is 14.0 Å². The minimum Gasteiger partial charge on any atom is -0.371 e. The predicted molar refractivity (Wildman–Crippen MR) is 62.7 cm³/mol. The second-order valence-corrected chi connectivity index (χ2v) is 3.85. The van der Waals surface area contributed by atoms with Gasteiger partial charge in [0.25, 0.3) is 5.91 Å². The first kappa shape index (κ1) is 12.3. The van der Waals surface area contributed by atoms with Gasteiger partial charge >= 0.3 is 0 Å². The Balaban J connectivity index is 2.25. The number of anilines is 1. The number of nitrogens with zero attached hydrogens (tertiary/aromatic N) is 2. The van der Waals surface area contributed by atoms with Gasteiger partial charge in [0, 0.05) is 26.3 Å². The first-order valence-electron chi connectivity index (χ1n) is 5.51. The Bertz CT molecular complexity index is 492. The molecule has 7 heteroatoms. The van der Waals surface area contributed by atoms with E-state index in [0.717, 1.165) is 0 Å². The third kappa shape index (κ3) is 2.24. The molecule has 2 heterocycles. The summed E-state index contributed by atoms with van der Waals surface area (Å²) in [5.74, 6) is -1.42. The summed E-state index contributed by atoms with van der Waals surface area (Å²) in [4.78, 5) is 28.4. The Morgan fingerprint density at radius 3 is 3.06 bits per heavy atom. The van der Waals surface area contributed by atoms with Crippen LogP contribution in [-0.2, 0) is 4.79 Å². The lowest BCUT2D eigenvalue weighted by Crippen LogP contribution is -2.50. The van der Waals surface area contributed by atoms with Gasteiger partial charge in [-0.2, -0.15) is 0 Å². The van der Waals surface area contributed by atoms with Crippen LogP contribution in [-0.4, -0.2) is 48.4 Å². The molecule has 0 bridgehead atoms. The normalized spacial score (nSPS) is 15.2. The van der Waals surface area contributed by atoms with Gasteiger partial charge in [-0.25, -0.2) is 9.37 Å². The number of carbonyl (C=O) groups excluding carboxylic acids is 2. The van der Waals surface area contributed by atoms with Crippen molar-refractivity contribution in [2.75, 3.05) is 32.0 Å². The van der Waals surface area contributed by atoms with E-state index in [2.05, 4.69) is 15.6 Å². The van der Waals surface area contributed by atoms with Crippen molar-refractivity contribution in [3.8, 4) is 0 Å². The van der Waals surface area contributed by atoms with E-state index in [1.54, 1.807) is 0 Å². The van der Waals surface area contributed by atoms with E-state index in [9.17, 15) is 14.0 Å². The number of rotatable bonds is 2. The summed E-state index contributed by atoms with van der Waals surface area (Å²) in [6.45, 7) is 0.715. The SMILES string of the molecule is CNc1nccc(C(=O)N2CCNC(=O)C2)c1F. The fraction of sp³-hybridized carbons (Fsp3) is 0.364. The van der Waals surface area contributed by atoms with Crippen LogP contribution in [0, 0.1) is 5.82 Å². The van der Waals surface area contributed by atoms with Gasteiger partial charge in [0.05, 0.1) is 12.1 Å². The highest BCUT2D eigenvalue weighted by Gasteiger charge is 2.25. The number of carbonyl (C=O) groups is 2. The van der Waals surface area contributed by atoms with E-state index in [4.69, 9.17) is 0 Å². The Hall–Kier alpha value is -2.18. The van der Waals surface area contributed by atoms with Crippen LogP contribution in [0.1, 0.15) is 10.4 Å². The van der Waals surface area contributed by atoms with Crippen molar-refractivity contribution in [2.24, 2.45) is 0 Å². The van der Waals surface area contributed by atoms with Crippen molar-refractivity contribution >= 4 is 17.6 Å². The Morgan fingerprint density at radius 2 is 2.39 bits per heavy atom. The third-order valence-electron chi connectivity index (χ3n) is 2.68. The summed E-state index contributed by atoms with van der Waals surface area (Å²) >= 11 is 0. The zero-order chi connectivity index (χ0) is 13.1. The second-order valence-electron chi connectivity index (χ2n) is 3.85. The number of nitrogens with one attached hydrogen (secondary N) is 2. The van der Waals surface area contributed by atoms with Gasteiger partial charge < -0.3 is 15.5 Å².